The Morgan fingerprint density at radius 1 is 1.10 bits per heavy atom. The molecule has 2 aliphatic heterocycles. The maximum atomic E-state index is 13.1. The zero-order valence-corrected chi connectivity index (χ0v) is 17.4. The Kier molecular flexibility index (Phi) is 6.68. The van der Waals surface area contributed by atoms with Gasteiger partial charge in [0.25, 0.3) is 0 Å². The maximum Gasteiger partial charge on any atom is 0.166 e. The molecular weight excluding hydrogens is 385 g/mol. The summed E-state index contributed by atoms with van der Waals surface area (Å²) < 4.78 is 13.1. The standard InChI is InChI=1S/C24H28FNO2S/c25-19-9-7-17(8-10-19)24(28)18-11-14-26(15-12-18)13-3-4-20-16-22(27)21-5-1-2-6-23(21)29-20/h1-2,5-10,18,20,22,27H,3-4,11-16H2. The number of carbonyl (C=O) groups excluding carboxylic acids is 1. The summed E-state index contributed by atoms with van der Waals surface area (Å²) in [5.74, 6) is -0.100. The number of likely N-dealkylation sites (tertiary alicyclic amines) is 1. The van der Waals surface area contributed by atoms with E-state index in [-0.39, 0.29) is 23.6 Å². The van der Waals surface area contributed by atoms with Gasteiger partial charge in [-0.3, -0.25) is 4.79 Å². The number of hydrogen-bond acceptors (Lipinski definition) is 4. The number of aliphatic hydroxyl groups excluding tert-OH is 1. The Hall–Kier alpha value is -1.69. The Morgan fingerprint density at radius 2 is 1.83 bits per heavy atom. The number of ketones is 1. The molecule has 2 heterocycles. The highest BCUT2D eigenvalue weighted by Crippen LogP contribution is 2.42. The normalized spacial score (nSPS) is 23.0. The average molecular weight is 414 g/mol. The Morgan fingerprint density at radius 3 is 2.59 bits per heavy atom. The van der Waals surface area contributed by atoms with Gasteiger partial charge in [-0.1, -0.05) is 18.2 Å². The molecule has 29 heavy (non-hydrogen) atoms. The topological polar surface area (TPSA) is 40.5 Å². The van der Waals surface area contributed by atoms with Gasteiger partial charge >= 0.3 is 0 Å². The molecule has 0 bridgehead atoms. The van der Waals surface area contributed by atoms with Crippen molar-refractivity contribution in [3.05, 3.63) is 65.5 Å². The summed E-state index contributed by atoms with van der Waals surface area (Å²) in [5, 5.41) is 10.9. The molecule has 1 fully saturated rings. The van der Waals surface area contributed by atoms with Crippen molar-refractivity contribution in [2.24, 2.45) is 5.92 Å². The van der Waals surface area contributed by atoms with Crippen LogP contribution in [0.15, 0.2) is 53.4 Å². The molecule has 4 rings (SSSR count). The Labute approximate surface area is 176 Å². The second-order valence-electron chi connectivity index (χ2n) is 8.16. The van der Waals surface area contributed by atoms with Gasteiger partial charge in [0.15, 0.2) is 5.78 Å². The van der Waals surface area contributed by atoms with Crippen LogP contribution in [0.4, 0.5) is 4.39 Å². The van der Waals surface area contributed by atoms with E-state index in [0.29, 0.717) is 10.8 Å². The van der Waals surface area contributed by atoms with Crippen LogP contribution in [0.5, 0.6) is 0 Å². The zero-order valence-electron chi connectivity index (χ0n) is 16.6. The lowest BCUT2D eigenvalue weighted by atomic mass is 9.89. The summed E-state index contributed by atoms with van der Waals surface area (Å²) in [7, 11) is 0. The van der Waals surface area contributed by atoms with E-state index >= 15 is 0 Å². The van der Waals surface area contributed by atoms with Gasteiger partial charge in [-0.2, -0.15) is 0 Å². The molecule has 2 aliphatic rings. The summed E-state index contributed by atoms with van der Waals surface area (Å²) in [6, 6.07) is 14.1. The first-order valence-electron chi connectivity index (χ1n) is 10.6. The minimum Gasteiger partial charge on any atom is -0.388 e. The van der Waals surface area contributed by atoms with Crippen LogP contribution in [0.3, 0.4) is 0 Å². The monoisotopic (exact) mass is 413 g/mol. The van der Waals surface area contributed by atoms with Crippen LogP contribution in [-0.2, 0) is 0 Å². The van der Waals surface area contributed by atoms with Gasteiger partial charge < -0.3 is 10.0 Å². The second-order valence-corrected chi connectivity index (χ2v) is 9.50. The van der Waals surface area contributed by atoms with Crippen molar-refractivity contribution in [2.75, 3.05) is 19.6 Å². The highest BCUT2D eigenvalue weighted by Gasteiger charge is 2.27. The van der Waals surface area contributed by atoms with Crippen molar-refractivity contribution in [2.45, 2.75) is 48.4 Å². The highest BCUT2D eigenvalue weighted by atomic mass is 32.2. The highest BCUT2D eigenvalue weighted by molar-refractivity contribution is 8.00. The molecule has 0 aromatic heterocycles. The van der Waals surface area contributed by atoms with Crippen molar-refractivity contribution in [3.63, 3.8) is 0 Å². The second kappa shape index (κ2) is 9.41. The molecular formula is C24H28FNO2S. The number of aliphatic hydroxyl groups is 1. The molecule has 1 N–H and O–H groups in total. The molecule has 2 unspecified atom stereocenters. The maximum absolute atomic E-state index is 13.1. The first-order chi connectivity index (χ1) is 14.1. The third kappa shape index (κ3) is 5.08. The third-order valence-electron chi connectivity index (χ3n) is 6.15. The zero-order chi connectivity index (χ0) is 20.2. The number of hydrogen-bond donors (Lipinski definition) is 1. The van der Waals surface area contributed by atoms with Gasteiger partial charge in [-0.15, -0.1) is 11.8 Å². The lowest BCUT2D eigenvalue weighted by Crippen LogP contribution is -2.37. The van der Waals surface area contributed by atoms with Gasteiger partial charge in [0.05, 0.1) is 6.10 Å². The summed E-state index contributed by atoms with van der Waals surface area (Å²) in [6.07, 6.45) is 4.45. The van der Waals surface area contributed by atoms with Crippen LogP contribution < -0.4 is 0 Å². The van der Waals surface area contributed by atoms with E-state index in [1.807, 2.05) is 30.0 Å². The lowest BCUT2D eigenvalue weighted by Gasteiger charge is -2.32. The number of carbonyl (C=O) groups is 1. The quantitative estimate of drug-likeness (QED) is 0.669. The van der Waals surface area contributed by atoms with Crippen molar-refractivity contribution in [3.8, 4) is 0 Å². The molecule has 154 valence electrons. The summed E-state index contributed by atoms with van der Waals surface area (Å²) >= 11 is 1.90. The molecule has 0 saturated carbocycles. The Bertz CT molecular complexity index is 833. The van der Waals surface area contributed by atoms with Gasteiger partial charge in [-0.05, 0) is 87.6 Å². The SMILES string of the molecule is O=C(c1ccc(F)cc1)C1CCN(CCCC2CC(O)c3ccccc3S2)CC1. The molecule has 5 heteroatoms. The van der Waals surface area contributed by atoms with E-state index in [0.717, 1.165) is 57.3 Å². The molecule has 3 nitrogen and oxygen atoms in total. The van der Waals surface area contributed by atoms with Crippen molar-refractivity contribution in [1.82, 2.24) is 4.90 Å². The third-order valence-corrected chi connectivity index (χ3v) is 7.53. The van der Waals surface area contributed by atoms with E-state index in [9.17, 15) is 14.3 Å². The van der Waals surface area contributed by atoms with Crippen LogP contribution in [0.1, 0.15) is 54.1 Å². The molecule has 0 spiro atoms. The van der Waals surface area contributed by atoms with Crippen molar-refractivity contribution in [1.29, 1.82) is 0 Å². The number of piperidine rings is 1. The molecule has 0 aliphatic carbocycles. The Balaban J connectivity index is 1.20. The minimum atomic E-state index is -0.342. The van der Waals surface area contributed by atoms with Crippen LogP contribution in [0.2, 0.25) is 0 Å². The number of fused-ring (bicyclic) bond motifs is 1. The first-order valence-corrected chi connectivity index (χ1v) is 11.4. The van der Waals surface area contributed by atoms with E-state index in [4.69, 9.17) is 0 Å². The van der Waals surface area contributed by atoms with Crippen LogP contribution in [-0.4, -0.2) is 40.7 Å². The largest absolute Gasteiger partial charge is 0.388 e. The summed E-state index contributed by atoms with van der Waals surface area (Å²) in [5.41, 5.74) is 1.69. The molecule has 2 aromatic carbocycles. The summed E-state index contributed by atoms with van der Waals surface area (Å²) in [4.78, 5) is 16.3. The van der Waals surface area contributed by atoms with Crippen LogP contribution >= 0.6 is 11.8 Å². The number of rotatable bonds is 6. The molecule has 0 radical (unpaired) electrons. The molecule has 2 atom stereocenters. The summed E-state index contributed by atoms with van der Waals surface area (Å²) in [6.45, 7) is 2.94. The fraction of sp³-hybridized carbons (Fsp3) is 0.458. The predicted molar refractivity (Wildman–Crippen MR) is 115 cm³/mol. The van der Waals surface area contributed by atoms with E-state index < -0.39 is 0 Å². The van der Waals surface area contributed by atoms with Crippen LogP contribution in [0, 0.1) is 11.7 Å². The number of Topliss-reactive ketones (excluding diaryl/α,β-unsaturated/α-hetero) is 1. The van der Waals surface area contributed by atoms with Gasteiger partial charge in [-0.25, -0.2) is 4.39 Å². The van der Waals surface area contributed by atoms with E-state index in [1.165, 1.54) is 17.0 Å². The van der Waals surface area contributed by atoms with Gasteiger partial charge in [0, 0.05) is 21.6 Å². The lowest BCUT2D eigenvalue weighted by molar-refractivity contribution is 0.0838. The smallest absolute Gasteiger partial charge is 0.166 e. The number of nitrogens with zero attached hydrogens (tertiary/aromatic N) is 1. The number of benzene rings is 2. The fourth-order valence-electron chi connectivity index (χ4n) is 4.45. The van der Waals surface area contributed by atoms with Crippen molar-refractivity contribution >= 4 is 17.5 Å². The fourth-order valence-corrected chi connectivity index (χ4v) is 5.87. The van der Waals surface area contributed by atoms with Gasteiger partial charge in [0.2, 0.25) is 0 Å². The van der Waals surface area contributed by atoms with Gasteiger partial charge in [0.1, 0.15) is 5.82 Å². The minimum absolute atomic E-state index is 0.0530. The van der Waals surface area contributed by atoms with Crippen LogP contribution in [0.25, 0.3) is 0 Å². The molecule has 2 aromatic rings. The first kappa shape index (κ1) is 20.6. The number of halogens is 1. The van der Waals surface area contributed by atoms with Crippen molar-refractivity contribution < 1.29 is 14.3 Å². The van der Waals surface area contributed by atoms with E-state index in [1.54, 1.807) is 12.1 Å². The predicted octanol–water partition coefficient (Wildman–Crippen LogP) is 5.10. The molecule has 0 amide bonds. The average Bonchev–Trinajstić information content (AvgIpc) is 2.74. The molecule has 1 saturated heterocycles. The van der Waals surface area contributed by atoms with E-state index in [2.05, 4.69) is 11.0 Å². The number of thioether (sulfide) groups is 1.